The van der Waals surface area contributed by atoms with Gasteiger partial charge in [-0.15, -0.1) is 0 Å². The van der Waals surface area contributed by atoms with Gasteiger partial charge in [0.15, 0.2) is 0 Å². The summed E-state index contributed by atoms with van der Waals surface area (Å²) in [6.07, 6.45) is 2.20. The van der Waals surface area contributed by atoms with Crippen molar-refractivity contribution in [3.05, 3.63) is 58.1 Å². The van der Waals surface area contributed by atoms with E-state index in [1.165, 1.54) is 19.2 Å². The van der Waals surface area contributed by atoms with Gasteiger partial charge in [-0.25, -0.2) is 13.1 Å². The number of hydrogen-bond donors (Lipinski definition) is 2. The number of ether oxygens (including phenoxy) is 1. The zero-order chi connectivity index (χ0) is 21.7. The van der Waals surface area contributed by atoms with Crippen LogP contribution in [0, 0.1) is 10.1 Å². The van der Waals surface area contributed by atoms with Crippen molar-refractivity contribution in [1.29, 1.82) is 0 Å². The molecule has 2 aromatic carbocycles. The highest BCUT2D eigenvalue weighted by molar-refractivity contribution is 7.89. The van der Waals surface area contributed by atoms with E-state index in [1.54, 1.807) is 7.11 Å². The first-order valence-corrected chi connectivity index (χ1v) is 11.2. The maximum atomic E-state index is 12.0. The number of nitrogens with one attached hydrogen (secondary N) is 2. The van der Waals surface area contributed by atoms with E-state index in [1.807, 2.05) is 24.3 Å². The zero-order valence-electron chi connectivity index (χ0n) is 17.0. The molecule has 1 heterocycles. The van der Waals surface area contributed by atoms with E-state index in [-0.39, 0.29) is 22.3 Å². The van der Waals surface area contributed by atoms with Crippen molar-refractivity contribution < 1.29 is 18.1 Å². The van der Waals surface area contributed by atoms with Crippen LogP contribution in [0.5, 0.6) is 5.75 Å². The maximum absolute atomic E-state index is 12.0. The third-order valence-corrected chi connectivity index (χ3v) is 6.72. The number of anilines is 1. The standard InChI is InChI=1S/C20H26N4O5S/c1-21-30(27,28)15-9-10-17(18(13-15)24(25)26)22-14-19(23-11-5-6-12-23)16-7-3-4-8-20(16)29-2/h3-4,7-10,13,19,21-22H,5-6,11-12,14H2,1-2H3. The lowest BCUT2D eigenvalue weighted by atomic mass is 10.0. The number of methoxy groups -OCH3 is 1. The molecule has 3 rings (SSSR count). The molecule has 1 atom stereocenters. The van der Waals surface area contributed by atoms with Gasteiger partial charge < -0.3 is 10.1 Å². The number of hydrogen-bond acceptors (Lipinski definition) is 7. The van der Waals surface area contributed by atoms with E-state index in [9.17, 15) is 18.5 Å². The number of nitrogens with zero attached hydrogens (tertiary/aromatic N) is 2. The van der Waals surface area contributed by atoms with Gasteiger partial charge in [0.25, 0.3) is 5.69 Å². The van der Waals surface area contributed by atoms with Crippen molar-refractivity contribution in [3.63, 3.8) is 0 Å². The highest BCUT2D eigenvalue weighted by Crippen LogP contribution is 2.33. The minimum Gasteiger partial charge on any atom is -0.496 e. The molecule has 162 valence electrons. The third kappa shape index (κ3) is 4.72. The van der Waals surface area contributed by atoms with Gasteiger partial charge in [-0.05, 0) is 51.2 Å². The van der Waals surface area contributed by atoms with Gasteiger partial charge in [0.05, 0.1) is 23.0 Å². The fourth-order valence-corrected chi connectivity index (χ4v) is 4.48. The molecule has 2 aromatic rings. The van der Waals surface area contributed by atoms with E-state index in [4.69, 9.17) is 4.74 Å². The summed E-state index contributed by atoms with van der Waals surface area (Å²) in [4.78, 5) is 13.2. The summed E-state index contributed by atoms with van der Waals surface area (Å²) in [7, 11) is -0.885. The van der Waals surface area contributed by atoms with Crippen LogP contribution in [0.2, 0.25) is 0 Å². The lowest BCUT2D eigenvalue weighted by Gasteiger charge is -2.29. The topological polar surface area (TPSA) is 114 Å². The number of nitro groups is 1. The molecule has 1 saturated heterocycles. The van der Waals surface area contributed by atoms with E-state index in [2.05, 4.69) is 14.9 Å². The van der Waals surface area contributed by atoms with Crippen LogP contribution >= 0.6 is 0 Å². The van der Waals surface area contributed by atoms with Crippen molar-refractivity contribution in [2.24, 2.45) is 0 Å². The number of benzene rings is 2. The highest BCUT2D eigenvalue weighted by Gasteiger charge is 2.27. The largest absolute Gasteiger partial charge is 0.496 e. The molecule has 1 fully saturated rings. The number of nitro benzene ring substituents is 1. The summed E-state index contributed by atoms with van der Waals surface area (Å²) in [6, 6.07) is 11.6. The lowest BCUT2D eigenvalue weighted by molar-refractivity contribution is -0.384. The number of rotatable bonds is 9. The van der Waals surface area contributed by atoms with Gasteiger partial charge >= 0.3 is 0 Å². The Bertz CT molecular complexity index is 1010. The second kappa shape index (κ2) is 9.41. The molecule has 2 N–H and O–H groups in total. The molecular formula is C20H26N4O5S. The van der Waals surface area contributed by atoms with Crippen LogP contribution in [-0.2, 0) is 10.0 Å². The maximum Gasteiger partial charge on any atom is 0.293 e. The lowest BCUT2D eigenvalue weighted by Crippen LogP contribution is -2.31. The van der Waals surface area contributed by atoms with Crippen LogP contribution in [0.3, 0.4) is 0 Å². The predicted octanol–water partition coefficient (Wildman–Crippen LogP) is 2.76. The van der Waals surface area contributed by atoms with Gasteiger partial charge in [-0.2, -0.15) is 0 Å². The van der Waals surface area contributed by atoms with Crippen molar-refractivity contribution in [2.45, 2.75) is 23.8 Å². The summed E-state index contributed by atoms with van der Waals surface area (Å²) >= 11 is 0. The molecule has 1 aliphatic heterocycles. The Kier molecular flexibility index (Phi) is 6.91. The van der Waals surface area contributed by atoms with Gasteiger partial charge in [0.1, 0.15) is 11.4 Å². The number of sulfonamides is 1. The molecule has 0 bridgehead atoms. The first-order valence-electron chi connectivity index (χ1n) is 9.70. The van der Waals surface area contributed by atoms with Crippen molar-refractivity contribution >= 4 is 21.4 Å². The Balaban J connectivity index is 1.91. The van der Waals surface area contributed by atoms with Crippen molar-refractivity contribution in [1.82, 2.24) is 9.62 Å². The van der Waals surface area contributed by atoms with Crippen LogP contribution < -0.4 is 14.8 Å². The number of para-hydroxylation sites is 1. The SMILES string of the molecule is CNS(=O)(=O)c1ccc(NCC(c2ccccc2OC)N2CCCC2)c([N+](=O)[O-])c1. The normalized spacial score (nSPS) is 15.7. The van der Waals surface area contributed by atoms with Crippen molar-refractivity contribution in [2.75, 3.05) is 39.1 Å². The predicted molar refractivity (Wildman–Crippen MR) is 114 cm³/mol. The average molecular weight is 435 g/mol. The monoisotopic (exact) mass is 434 g/mol. The average Bonchev–Trinajstić information content (AvgIpc) is 3.28. The number of likely N-dealkylation sites (tertiary alicyclic amines) is 1. The molecule has 0 aliphatic carbocycles. The van der Waals surface area contributed by atoms with Gasteiger partial charge in [0.2, 0.25) is 10.0 Å². The molecule has 9 nitrogen and oxygen atoms in total. The fraction of sp³-hybridized carbons (Fsp3) is 0.400. The fourth-order valence-electron chi connectivity index (χ4n) is 3.73. The molecule has 30 heavy (non-hydrogen) atoms. The zero-order valence-corrected chi connectivity index (χ0v) is 17.8. The third-order valence-electron chi connectivity index (χ3n) is 5.31. The molecule has 1 aliphatic rings. The summed E-state index contributed by atoms with van der Waals surface area (Å²) in [5.74, 6) is 0.765. The smallest absolute Gasteiger partial charge is 0.293 e. The van der Waals surface area contributed by atoms with E-state index in [0.717, 1.165) is 43.3 Å². The van der Waals surface area contributed by atoms with Gasteiger partial charge in [0, 0.05) is 18.2 Å². The summed E-state index contributed by atoms with van der Waals surface area (Å²) in [5.41, 5.74) is 0.993. The Morgan fingerprint density at radius 2 is 1.90 bits per heavy atom. The van der Waals surface area contributed by atoms with Crippen LogP contribution in [0.15, 0.2) is 47.4 Å². The quantitative estimate of drug-likeness (QED) is 0.461. The Morgan fingerprint density at radius 3 is 2.53 bits per heavy atom. The summed E-state index contributed by atoms with van der Waals surface area (Å²) in [6.45, 7) is 2.29. The second-order valence-corrected chi connectivity index (χ2v) is 8.91. The van der Waals surface area contributed by atoms with Gasteiger partial charge in [-0.1, -0.05) is 18.2 Å². The van der Waals surface area contributed by atoms with Crippen molar-refractivity contribution in [3.8, 4) is 5.75 Å². The first-order chi connectivity index (χ1) is 14.4. The molecule has 0 radical (unpaired) electrons. The first kappa shape index (κ1) is 22.0. The molecule has 1 unspecified atom stereocenters. The Labute approximate surface area is 176 Å². The van der Waals surface area contributed by atoms with Crippen LogP contribution in [0.4, 0.5) is 11.4 Å². The van der Waals surface area contributed by atoms with Crippen LogP contribution in [-0.4, -0.2) is 52.0 Å². The van der Waals surface area contributed by atoms with E-state index < -0.39 is 14.9 Å². The molecule has 0 aromatic heterocycles. The molecule has 10 heteroatoms. The Hall–Kier alpha value is -2.69. The van der Waals surface area contributed by atoms with E-state index in [0.29, 0.717) is 6.54 Å². The molecule has 0 spiro atoms. The van der Waals surface area contributed by atoms with Crippen LogP contribution in [0.25, 0.3) is 0 Å². The highest BCUT2D eigenvalue weighted by atomic mass is 32.2. The summed E-state index contributed by atoms with van der Waals surface area (Å²) < 4.78 is 31.7. The second-order valence-electron chi connectivity index (χ2n) is 7.03. The molecule has 0 amide bonds. The van der Waals surface area contributed by atoms with E-state index >= 15 is 0 Å². The minimum absolute atomic E-state index is 0.0380. The van der Waals surface area contributed by atoms with Gasteiger partial charge in [-0.3, -0.25) is 15.0 Å². The Morgan fingerprint density at radius 1 is 1.20 bits per heavy atom. The minimum atomic E-state index is -3.77. The molecular weight excluding hydrogens is 408 g/mol. The van der Waals surface area contributed by atoms with Crippen LogP contribution in [0.1, 0.15) is 24.4 Å². The summed E-state index contributed by atoms with van der Waals surface area (Å²) in [5, 5.41) is 14.7. The molecule has 0 saturated carbocycles.